The van der Waals surface area contributed by atoms with Crippen LogP contribution in [0.5, 0.6) is 0 Å². The van der Waals surface area contributed by atoms with Gasteiger partial charge in [-0.2, -0.15) is 9.82 Å². The van der Waals surface area contributed by atoms with Gasteiger partial charge in [0.15, 0.2) is 0 Å². The van der Waals surface area contributed by atoms with Gasteiger partial charge in [-0.1, -0.05) is 5.92 Å². The number of nitrogens with one attached hydrogen (secondary N) is 2. The van der Waals surface area contributed by atoms with Gasteiger partial charge >= 0.3 is 0 Å². The molecule has 0 aliphatic heterocycles. The number of terminal acetylenes is 1. The van der Waals surface area contributed by atoms with Gasteiger partial charge in [-0.25, -0.2) is 8.42 Å². The Bertz CT molecular complexity index is 456. The summed E-state index contributed by atoms with van der Waals surface area (Å²) in [6, 6.07) is -0.589. The van der Waals surface area contributed by atoms with Crippen molar-refractivity contribution in [2.24, 2.45) is 0 Å². The summed E-state index contributed by atoms with van der Waals surface area (Å²) in [5.74, 6) is 2.23. The number of nitrogens with zero attached hydrogens (tertiary/aromatic N) is 1. The minimum atomic E-state index is -3.67. The Morgan fingerprint density at radius 2 is 2.43 bits per heavy atom. The third-order valence-electron chi connectivity index (χ3n) is 1.50. The lowest BCUT2D eigenvalue weighted by atomic mass is 10.4. The lowest BCUT2D eigenvalue weighted by Crippen LogP contribution is -2.31. The average Bonchev–Trinajstić information content (AvgIpc) is 2.51. The zero-order valence-corrected chi connectivity index (χ0v) is 8.30. The zero-order valence-electron chi connectivity index (χ0n) is 7.48. The molecule has 1 aromatic heterocycles. The molecular weight excluding hydrogens is 204 g/mol. The number of sulfonamides is 1. The Morgan fingerprint density at radius 3 is 2.86 bits per heavy atom. The van der Waals surface area contributed by atoms with Gasteiger partial charge in [0.05, 0.1) is 12.2 Å². The maximum absolute atomic E-state index is 11.5. The van der Waals surface area contributed by atoms with Crippen LogP contribution >= 0.6 is 0 Å². The van der Waals surface area contributed by atoms with Crippen LogP contribution in [0.3, 0.4) is 0 Å². The third-order valence-corrected chi connectivity index (χ3v) is 3.07. The Labute approximate surface area is 81.9 Å². The van der Waals surface area contributed by atoms with Crippen molar-refractivity contribution >= 4 is 15.8 Å². The molecule has 1 atom stereocenters. The minimum Gasteiger partial charge on any atom is -0.383 e. The van der Waals surface area contributed by atoms with E-state index in [0.717, 1.165) is 6.20 Å². The normalized spacial score (nSPS) is 13.4. The fraction of sp³-hybridized carbons (Fsp3) is 0.286. The van der Waals surface area contributed by atoms with Gasteiger partial charge < -0.3 is 5.73 Å². The maximum atomic E-state index is 11.5. The number of nitrogen functional groups attached to an aromatic ring is 1. The highest BCUT2D eigenvalue weighted by Crippen LogP contribution is 2.13. The van der Waals surface area contributed by atoms with Crippen molar-refractivity contribution in [2.75, 3.05) is 5.73 Å². The largest absolute Gasteiger partial charge is 0.383 e. The second kappa shape index (κ2) is 3.69. The van der Waals surface area contributed by atoms with Gasteiger partial charge in [-0.3, -0.25) is 5.10 Å². The van der Waals surface area contributed by atoms with E-state index in [0.29, 0.717) is 0 Å². The number of H-pyrrole nitrogens is 1. The molecule has 0 radical (unpaired) electrons. The number of rotatable bonds is 3. The fourth-order valence-electron chi connectivity index (χ4n) is 0.829. The van der Waals surface area contributed by atoms with Gasteiger partial charge in [0.1, 0.15) is 10.7 Å². The molecule has 0 aliphatic carbocycles. The molecule has 1 unspecified atom stereocenters. The van der Waals surface area contributed by atoms with E-state index in [-0.39, 0.29) is 10.7 Å². The molecule has 0 amide bonds. The van der Waals surface area contributed by atoms with Crippen LogP contribution in [0, 0.1) is 12.3 Å². The topological polar surface area (TPSA) is 101 Å². The molecule has 4 N–H and O–H groups in total. The van der Waals surface area contributed by atoms with E-state index in [9.17, 15) is 8.42 Å². The van der Waals surface area contributed by atoms with Crippen molar-refractivity contribution in [3.8, 4) is 12.3 Å². The molecule has 1 aromatic rings. The molecule has 0 saturated heterocycles. The molecule has 0 saturated carbocycles. The number of hydrogen-bond donors (Lipinski definition) is 3. The molecule has 0 bridgehead atoms. The second-order valence-corrected chi connectivity index (χ2v) is 4.34. The van der Waals surface area contributed by atoms with E-state index < -0.39 is 16.1 Å². The minimum absolute atomic E-state index is 0.0123. The van der Waals surface area contributed by atoms with Crippen LogP contribution in [-0.2, 0) is 10.0 Å². The molecule has 1 heterocycles. The summed E-state index contributed by atoms with van der Waals surface area (Å²) in [5.41, 5.74) is 5.35. The highest BCUT2D eigenvalue weighted by atomic mass is 32.2. The number of hydrogen-bond acceptors (Lipinski definition) is 4. The molecule has 0 aromatic carbocycles. The molecular formula is C7H10N4O2S. The Hall–Kier alpha value is -1.52. The summed E-state index contributed by atoms with van der Waals surface area (Å²) >= 11 is 0. The zero-order chi connectivity index (χ0) is 10.8. The number of aromatic nitrogens is 2. The van der Waals surface area contributed by atoms with Crippen LogP contribution in [-0.4, -0.2) is 24.7 Å². The lowest BCUT2D eigenvalue weighted by molar-refractivity contribution is 0.578. The van der Waals surface area contributed by atoms with Crippen LogP contribution in [0.4, 0.5) is 5.82 Å². The van der Waals surface area contributed by atoms with E-state index in [4.69, 9.17) is 12.2 Å². The summed E-state index contributed by atoms with van der Waals surface area (Å²) in [6.07, 6.45) is 6.16. The molecule has 1 rings (SSSR count). The molecule has 0 fully saturated rings. The first-order valence-corrected chi connectivity index (χ1v) is 5.23. The summed E-state index contributed by atoms with van der Waals surface area (Å²) in [4.78, 5) is -0.0976. The Kier molecular flexibility index (Phi) is 2.78. The van der Waals surface area contributed by atoms with E-state index >= 15 is 0 Å². The molecule has 0 aliphatic rings. The van der Waals surface area contributed by atoms with E-state index in [1.165, 1.54) is 0 Å². The molecule has 14 heavy (non-hydrogen) atoms. The second-order valence-electron chi connectivity index (χ2n) is 2.66. The van der Waals surface area contributed by atoms with Crippen LogP contribution in [0.2, 0.25) is 0 Å². The van der Waals surface area contributed by atoms with E-state index in [1.54, 1.807) is 6.92 Å². The third kappa shape index (κ3) is 2.04. The lowest BCUT2D eigenvalue weighted by Gasteiger charge is -2.07. The van der Waals surface area contributed by atoms with Crippen molar-refractivity contribution in [1.29, 1.82) is 0 Å². The quantitative estimate of drug-likeness (QED) is 0.579. The van der Waals surface area contributed by atoms with Crippen molar-refractivity contribution in [3.63, 3.8) is 0 Å². The van der Waals surface area contributed by atoms with Crippen LogP contribution in [0.1, 0.15) is 6.92 Å². The Balaban J connectivity index is 3.00. The highest BCUT2D eigenvalue weighted by Gasteiger charge is 2.20. The van der Waals surface area contributed by atoms with Crippen LogP contribution < -0.4 is 10.5 Å². The number of nitrogens with two attached hydrogens (primary N) is 1. The van der Waals surface area contributed by atoms with Crippen molar-refractivity contribution < 1.29 is 8.42 Å². The number of aromatic amines is 1. The molecule has 76 valence electrons. The average molecular weight is 214 g/mol. The van der Waals surface area contributed by atoms with E-state index in [1.807, 2.05) is 0 Å². The van der Waals surface area contributed by atoms with Gasteiger partial charge in [-0.05, 0) is 6.92 Å². The number of anilines is 1. The van der Waals surface area contributed by atoms with Gasteiger partial charge in [-0.15, -0.1) is 6.42 Å². The first-order valence-electron chi connectivity index (χ1n) is 3.74. The Morgan fingerprint density at radius 1 is 1.79 bits per heavy atom. The van der Waals surface area contributed by atoms with Crippen molar-refractivity contribution in [3.05, 3.63) is 6.20 Å². The highest BCUT2D eigenvalue weighted by molar-refractivity contribution is 7.89. The summed E-state index contributed by atoms with van der Waals surface area (Å²) in [6.45, 7) is 1.55. The maximum Gasteiger partial charge on any atom is 0.246 e. The predicted molar refractivity (Wildman–Crippen MR) is 51.6 cm³/mol. The van der Waals surface area contributed by atoms with Gasteiger partial charge in [0.25, 0.3) is 0 Å². The van der Waals surface area contributed by atoms with E-state index in [2.05, 4.69) is 20.8 Å². The van der Waals surface area contributed by atoms with Crippen molar-refractivity contribution in [1.82, 2.24) is 14.9 Å². The first kappa shape index (κ1) is 10.6. The SMILES string of the molecule is C#CC(C)NS(=O)(=O)c1cn[nH]c1N. The van der Waals surface area contributed by atoms with Gasteiger partial charge in [0, 0.05) is 0 Å². The molecule has 0 spiro atoms. The van der Waals surface area contributed by atoms with Crippen LogP contribution in [0.15, 0.2) is 11.1 Å². The smallest absolute Gasteiger partial charge is 0.246 e. The summed E-state index contributed by atoms with van der Waals surface area (Å²) in [7, 11) is -3.67. The summed E-state index contributed by atoms with van der Waals surface area (Å²) in [5, 5.41) is 5.82. The molecule has 6 nitrogen and oxygen atoms in total. The predicted octanol–water partition coefficient (Wildman–Crippen LogP) is -0.708. The van der Waals surface area contributed by atoms with Gasteiger partial charge in [0.2, 0.25) is 10.0 Å². The first-order chi connectivity index (χ1) is 6.47. The standard InChI is InChI=1S/C7H10N4O2S/c1-3-5(2)11-14(12,13)6-4-9-10-7(6)8/h1,4-5,11H,2H3,(H3,8,9,10). The fourth-order valence-corrected chi connectivity index (χ4v) is 2.02. The summed E-state index contributed by atoms with van der Waals surface area (Å²) < 4.78 is 25.3. The van der Waals surface area contributed by atoms with Crippen LogP contribution in [0.25, 0.3) is 0 Å². The van der Waals surface area contributed by atoms with Crippen molar-refractivity contribution in [2.45, 2.75) is 17.9 Å². The monoisotopic (exact) mass is 214 g/mol. The molecule has 7 heteroatoms.